The zero-order chi connectivity index (χ0) is 12.3. The van der Waals surface area contributed by atoms with Gasteiger partial charge in [0, 0.05) is 11.8 Å². The first-order valence-corrected chi connectivity index (χ1v) is 5.95. The minimum absolute atomic E-state index is 0.219. The molecule has 0 aromatic carbocycles. The molecule has 0 atom stereocenters. The van der Waals surface area contributed by atoms with E-state index in [2.05, 4.69) is 36.4 Å². The van der Waals surface area contributed by atoms with E-state index in [9.17, 15) is 4.79 Å². The average Bonchev–Trinajstić information content (AvgIpc) is 2.76. The number of halogens is 1. The predicted molar refractivity (Wildman–Crippen MR) is 67.9 cm³/mol. The SMILES string of the molecule is CCc1cn[nH]c1NC(=O)c1cccnc1Br. The van der Waals surface area contributed by atoms with Crippen LogP contribution in [0.1, 0.15) is 22.8 Å². The van der Waals surface area contributed by atoms with E-state index < -0.39 is 0 Å². The lowest BCUT2D eigenvalue weighted by Crippen LogP contribution is -2.14. The average molecular weight is 295 g/mol. The summed E-state index contributed by atoms with van der Waals surface area (Å²) in [4.78, 5) is 16.0. The van der Waals surface area contributed by atoms with E-state index >= 15 is 0 Å². The summed E-state index contributed by atoms with van der Waals surface area (Å²) in [5, 5.41) is 9.43. The van der Waals surface area contributed by atoms with Crippen LogP contribution in [0.2, 0.25) is 0 Å². The van der Waals surface area contributed by atoms with Crippen molar-refractivity contribution in [3.63, 3.8) is 0 Å². The molecule has 2 rings (SSSR count). The fourth-order valence-electron chi connectivity index (χ4n) is 1.42. The number of carbonyl (C=O) groups excluding carboxylic acids is 1. The zero-order valence-electron chi connectivity index (χ0n) is 9.20. The molecule has 2 heterocycles. The minimum atomic E-state index is -0.219. The number of anilines is 1. The number of amides is 1. The highest BCUT2D eigenvalue weighted by atomic mass is 79.9. The van der Waals surface area contributed by atoms with E-state index in [0.717, 1.165) is 12.0 Å². The molecule has 0 aliphatic carbocycles. The lowest BCUT2D eigenvalue weighted by Gasteiger charge is -2.05. The van der Waals surface area contributed by atoms with Crippen LogP contribution in [0.4, 0.5) is 5.82 Å². The van der Waals surface area contributed by atoms with Gasteiger partial charge in [0.25, 0.3) is 5.91 Å². The Hall–Kier alpha value is -1.69. The van der Waals surface area contributed by atoms with Crippen LogP contribution in [-0.2, 0) is 6.42 Å². The third-order valence-electron chi connectivity index (χ3n) is 2.34. The number of aromatic amines is 1. The predicted octanol–water partition coefficient (Wildman–Crippen LogP) is 2.38. The molecule has 0 spiro atoms. The molecule has 5 nitrogen and oxygen atoms in total. The first kappa shape index (κ1) is 11.8. The maximum Gasteiger partial charge on any atom is 0.259 e. The molecule has 0 bridgehead atoms. The Morgan fingerprint density at radius 3 is 3.12 bits per heavy atom. The summed E-state index contributed by atoms with van der Waals surface area (Å²) in [5.74, 6) is 0.414. The van der Waals surface area contributed by atoms with Gasteiger partial charge in [0.05, 0.1) is 11.8 Å². The molecule has 0 aliphatic rings. The molecule has 0 saturated heterocycles. The van der Waals surface area contributed by atoms with Crippen molar-refractivity contribution in [2.24, 2.45) is 0 Å². The molecule has 1 amide bonds. The van der Waals surface area contributed by atoms with Gasteiger partial charge in [-0.25, -0.2) is 4.98 Å². The molecule has 0 aliphatic heterocycles. The number of carbonyl (C=O) groups is 1. The third kappa shape index (κ3) is 2.52. The monoisotopic (exact) mass is 294 g/mol. The molecule has 17 heavy (non-hydrogen) atoms. The topological polar surface area (TPSA) is 70.7 Å². The molecule has 2 N–H and O–H groups in total. The number of aryl methyl sites for hydroxylation is 1. The number of nitrogens with one attached hydrogen (secondary N) is 2. The molecule has 0 saturated carbocycles. The van der Waals surface area contributed by atoms with E-state index in [1.54, 1.807) is 24.5 Å². The van der Waals surface area contributed by atoms with Gasteiger partial charge in [-0.3, -0.25) is 9.89 Å². The fraction of sp³-hybridized carbons (Fsp3) is 0.182. The number of rotatable bonds is 3. The van der Waals surface area contributed by atoms with Crippen LogP contribution in [0.5, 0.6) is 0 Å². The Morgan fingerprint density at radius 2 is 2.41 bits per heavy atom. The van der Waals surface area contributed by atoms with Gasteiger partial charge in [0.15, 0.2) is 0 Å². The van der Waals surface area contributed by atoms with Crippen molar-refractivity contribution in [2.45, 2.75) is 13.3 Å². The van der Waals surface area contributed by atoms with Gasteiger partial charge in [0.2, 0.25) is 0 Å². The zero-order valence-corrected chi connectivity index (χ0v) is 10.8. The number of hydrogen-bond donors (Lipinski definition) is 2. The highest BCUT2D eigenvalue weighted by molar-refractivity contribution is 9.10. The second-order valence-corrected chi connectivity index (χ2v) is 4.17. The van der Waals surface area contributed by atoms with Crippen LogP contribution in [0.25, 0.3) is 0 Å². The van der Waals surface area contributed by atoms with Gasteiger partial charge < -0.3 is 5.32 Å². The molecule has 0 fully saturated rings. The second-order valence-electron chi connectivity index (χ2n) is 3.42. The van der Waals surface area contributed by atoms with Crippen LogP contribution >= 0.6 is 15.9 Å². The Balaban J connectivity index is 2.20. The van der Waals surface area contributed by atoms with Crippen LogP contribution in [-0.4, -0.2) is 21.1 Å². The Morgan fingerprint density at radius 1 is 1.59 bits per heavy atom. The van der Waals surface area contributed by atoms with Crippen LogP contribution in [0.3, 0.4) is 0 Å². The minimum Gasteiger partial charge on any atom is -0.307 e. The van der Waals surface area contributed by atoms with Crippen molar-refractivity contribution >= 4 is 27.7 Å². The molecule has 0 unspecified atom stereocenters. The summed E-state index contributed by atoms with van der Waals surface area (Å²) in [5.41, 5.74) is 1.46. The number of pyridine rings is 1. The Labute approximate surface area is 107 Å². The first-order chi connectivity index (χ1) is 8.22. The summed E-state index contributed by atoms with van der Waals surface area (Å²) in [6.45, 7) is 2.00. The second kappa shape index (κ2) is 5.09. The van der Waals surface area contributed by atoms with Gasteiger partial charge >= 0.3 is 0 Å². The normalized spacial score (nSPS) is 10.2. The molecule has 0 radical (unpaired) electrons. The van der Waals surface area contributed by atoms with Crippen LogP contribution < -0.4 is 5.32 Å². The maximum absolute atomic E-state index is 12.0. The summed E-state index contributed by atoms with van der Waals surface area (Å²) < 4.78 is 0.523. The quantitative estimate of drug-likeness (QED) is 0.854. The van der Waals surface area contributed by atoms with Crippen LogP contribution in [0.15, 0.2) is 29.1 Å². The Kier molecular flexibility index (Phi) is 3.53. The lowest BCUT2D eigenvalue weighted by atomic mass is 10.2. The Bertz CT molecular complexity index is 538. The number of nitrogens with zero attached hydrogens (tertiary/aromatic N) is 2. The summed E-state index contributed by atoms with van der Waals surface area (Å²) >= 11 is 3.24. The van der Waals surface area contributed by atoms with Crippen molar-refractivity contribution in [1.29, 1.82) is 0 Å². The van der Waals surface area contributed by atoms with Crippen molar-refractivity contribution in [3.8, 4) is 0 Å². The number of hydrogen-bond acceptors (Lipinski definition) is 3. The molecular formula is C11H11BrN4O. The first-order valence-electron chi connectivity index (χ1n) is 5.16. The fourth-order valence-corrected chi connectivity index (χ4v) is 1.85. The largest absolute Gasteiger partial charge is 0.307 e. The maximum atomic E-state index is 12.0. The smallest absolute Gasteiger partial charge is 0.259 e. The summed E-state index contributed by atoms with van der Waals surface area (Å²) in [6, 6.07) is 3.42. The lowest BCUT2D eigenvalue weighted by molar-refractivity contribution is 0.102. The van der Waals surface area contributed by atoms with Crippen molar-refractivity contribution in [1.82, 2.24) is 15.2 Å². The van der Waals surface area contributed by atoms with Crippen molar-refractivity contribution < 1.29 is 4.79 Å². The van der Waals surface area contributed by atoms with Gasteiger partial charge in [-0.05, 0) is 34.5 Å². The highest BCUT2D eigenvalue weighted by Gasteiger charge is 2.12. The van der Waals surface area contributed by atoms with E-state index in [0.29, 0.717) is 16.0 Å². The number of aromatic nitrogens is 3. The number of H-pyrrole nitrogens is 1. The van der Waals surface area contributed by atoms with E-state index in [-0.39, 0.29) is 5.91 Å². The standard InChI is InChI=1S/C11H11BrN4O/c1-2-7-6-14-16-10(7)15-11(17)8-4-3-5-13-9(8)12/h3-6H,2H2,1H3,(H2,14,15,16,17). The third-order valence-corrected chi connectivity index (χ3v) is 2.97. The van der Waals surface area contributed by atoms with Gasteiger partial charge in [-0.2, -0.15) is 5.10 Å². The van der Waals surface area contributed by atoms with Crippen LogP contribution in [0, 0.1) is 0 Å². The molecule has 6 heteroatoms. The molecule has 2 aromatic rings. The highest BCUT2D eigenvalue weighted by Crippen LogP contribution is 2.16. The van der Waals surface area contributed by atoms with E-state index in [1.807, 2.05) is 6.92 Å². The van der Waals surface area contributed by atoms with Crippen molar-refractivity contribution in [3.05, 3.63) is 40.3 Å². The summed E-state index contributed by atoms with van der Waals surface area (Å²) in [7, 11) is 0. The summed E-state index contributed by atoms with van der Waals surface area (Å²) in [6.07, 6.45) is 4.13. The van der Waals surface area contributed by atoms with Gasteiger partial charge in [0.1, 0.15) is 10.4 Å². The van der Waals surface area contributed by atoms with E-state index in [1.165, 1.54) is 0 Å². The molecular weight excluding hydrogens is 284 g/mol. The van der Waals surface area contributed by atoms with Crippen molar-refractivity contribution in [2.75, 3.05) is 5.32 Å². The molecule has 88 valence electrons. The van der Waals surface area contributed by atoms with E-state index in [4.69, 9.17) is 0 Å². The molecule has 2 aromatic heterocycles. The van der Waals surface area contributed by atoms with Gasteiger partial charge in [-0.1, -0.05) is 6.92 Å². The van der Waals surface area contributed by atoms with Gasteiger partial charge in [-0.15, -0.1) is 0 Å².